The predicted octanol–water partition coefficient (Wildman–Crippen LogP) is 1.33. The van der Waals surface area contributed by atoms with Gasteiger partial charge in [-0.3, -0.25) is 0 Å². The van der Waals surface area contributed by atoms with E-state index in [-0.39, 0.29) is 12.1 Å². The van der Waals surface area contributed by atoms with Gasteiger partial charge in [0.2, 0.25) is 0 Å². The van der Waals surface area contributed by atoms with Gasteiger partial charge in [0.15, 0.2) is 0 Å². The molecule has 0 aliphatic carbocycles. The Labute approximate surface area is 73.2 Å². The lowest BCUT2D eigenvalue weighted by atomic mass is 10.0. The number of aliphatic hydroxyl groups excluding tert-OH is 1. The molecule has 2 N–H and O–H groups in total. The molecule has 0 radical (unpaired) electrons. The van der Waals surface area contributed by atoms with Gasteiger partial charge < -0.3 is 10.4 Å². The highest BCUT2D eigenvalue weighted by Gasteiger charge is 2.13. The smallest absolute Gasteiger partial charge is 0.0706 e. The van der Waals surface area contributed by atoms with Crippen LogP contribution in [0.3, 0.4) is 0 Å². The van der Waals surface area contributed by atoms with Crippen LogP contribution in [-0.2, 0) is 0 Å². The molecule has 0 amide bonds. The van der Waals surface area contributed by atoms with Gasteiger partial charge in [0.25, 0.3) is 0 Å². The molecule has 2 unspecified atom stereocenters. The van der Waals surface area contributed by atoms with Crippen molar-refractivity contribution in [3.63, 3.8) is 0 Å². The predicted molar refractivity (Wildman–Crippen MR) is 49.9 cm³/mol. The van der Waals surface area contributed by atoms with Crippen LogP contribution in [0.15, 0.2) is 30.3 Å². The molecule has 2 atom stereocenters. The molecule has 1 aromatic rings. The number of likely N-dealkylation sites (N-methyl/N-ethyl adjacent to an activating group) is 1. The second-order valence-corrected chi connectivity index (χ2v) is 2.92. The molecule has 0 aromatic heterocycles. The zero-order chi connectivity index (χ0) is 8.97. The highest BCUT2D eigenvalue weighted by Crippen LogP contribution is 2.15. The van der Waals surface area contributed by atoms with Crippen molar-refractivity contribution in [3.05, 3.63) is 35.9 Å². The number of nitrogens with one attached hydrogen (secondary N) is 1. The summed E-state index contributed by atoms with van der Waals surface area (Å²) < 4.78 is 0. The summed E-state index contributed by atoms with van der Waals surface area (Å²) in [5, 5.41) is 12.5. The lowest BCUT2D eigenvalue weighted by Crippen LogP contribution is -2.26. The van der Waals surface area contributed by atoms with Crippen molar-refractivity contribution in [2.45, 2.75) is 19.1 Å². The van der Waals surface area contributed by atoms with Crippen molar-refractivity contribution in [2.24, 2.45) is 0 Å². The van der Waals surface area contributed by atoms with Gasteiger partial charge in [-0.15, -0.1) is 0 Å². The first-order chi connectivity index (χ1) is 5.75. The van der Waals surface area contributed by atoms with Crippen LogP contribution in [0.4, 0.5) is 0 Å². The van der Waals surface area contributed by atoms with Crippen LogP contribution in [0, 0.1) is 0 Å². The van der Waals surface area contributed by atoms with Gasteiger partial charge in [0.1, 0.15) is 0 Å². The summed E-state index contributed by atoms with van der Waals surface area (Å²) in [7, 11) is 1.85. The van der Waals surface area contributed by atoms with E-state index < -0.39 is 0 Å². The zero-order valence-corrected chi connectivity index (χ0v) is 7.49. The SMILES string of the molecule is CNC(c1ccccc1)C(C)O. The Morgan fingerprint density at radius 2 is 1.83 bits per heavy atom. The molecule has 66 valence electrons. The van der Waals surface area contributed by atoms with Gasteiger partial charge in [-0.05, 0) is 19.5 Å². The molecule has 0 heterocycles. The second-order valence-electron chi connectivity index (χ2n) is 2.92. The minimum absolute atomic E-state index is 0.0335. The fraction of sp³-hybridized carbons (Fsp3) is 0.400. The third-order valence-electron chi connectivity index (χ3n) is 1.95. The monoisotopic (exact) mass is 165 g/mol. The number of rotatable bonds is 3. The summed E-state index contributed by atoms with van der Waals surface area (Å²) in [6.07, 6.45) is -0.364. The number of hydrogen-bond donors (Lipinski definition) is 2. The molecule has 0 spiro atoms. The molecule has 2 nitrogen and oxygen atoms in total. The van der Waals surface area contributed by atoms with E-state index in [0.717, 1.165) is 5.56 Å². The maximum atomic E-state index is 9.40. The number of aliphatic hydroxyl groups is 1. The highest BCUT2D eigenvalue weighted by molar-refractivity contribution is 5.19. The van der Waals surface area contributed by atoms with Crippen LogP contribution in [-0.4, -0.2) is 18.3 Å². The van der Waals surface area contributed by atoms with Gasteiger partial charge in [-0.25, -0.2) is 0 Å². The van der Waals surface area contributed by atoms with E-state index in [2.05, 4.69) is 5.32 Å². The third kappa shape index (κ3) is 2.06. The van der Waals surface area contributed by atoms with Crippen LogP contribution < -0.4 is 5.32 Å². The average molecular weight is 165 g/mol. The molecule has 1 rings (SSSR count). The summed E-state index contributed by atoms with van der Waals surface area (Å²) in [5.74, 6) is 0. The normalized spacial score (nSPS) is 15.6. The lowest BCUT2D eigenvalue weighted by Gasteiger charge is -2.19. The fourth-order valence-corrected chi connectivity index (χ4v) is 1.35. The number of hydrogen-bond acceptors (Lipinski definition) is 2. The van der Waals surface area contributed by atoms with E-state index in [9.17, 15) is 5.11 Å². The van der Waals surface area contributed by atoms with E-state index in [1.165, 1.54) is 0 Å². The van der Waals surface area contributed by atoms with Gasteiger partial charge in [0, 0.05) is 0 Å². The molecular formula is C10H15NO. The highest BCUT2D eigenvalue weighted by atomic mass is 16.3. The van der Waals surface area contributed by atoms with Crippen molar-refractivity contribution in [3.8, 4) is 0 Å². The van der Waals surface area contributed by atoms with Crippen molar-refractivity contribution in [1.82, 2.24) is 5.32 Å². The molecule has 2 heteroatoms. The standard InChI is InChI=1S/C10H15NO/c1-8(12)10(11-2)9-6-4-3-5-7-9/h3-8,10-12H,1-2H3. The maximum absolute atomic E-state index is 9.40. The Bertz CT molecular complexity index is 221. The van der Waals surface area contributed by atoms with Crippen molar-refractivity contribution >= 4 is 0 Å². The van der Waals surface area contributed by atoms with Crippen LogP contribution in [0.1, 0.15) is 18.5 Å². The molecule has 12 heavy (non-hydrogen) atoms. The van der Waals surface area contributed by atoms with Crippen molar-refractivity contribution in [1.29, 1.82) is 0 Å². The molecule has 0 saturated heterocycles. The summed E-state index contributed by atoms with van der Waals surface area (Å²) in [4.78, 5) is 0. The Morgan fingerprint density at radius 3 is 2.25 bits per heavy atom. The van der Waals surface area contributed by atoms with Gasteiger partial charge in [0.05, 0.1) is 12.1 Å². The Morgan fingerprint density at radius 1 is 1.25 bits per heavy atom. The Hall–Kier alpha value is -0.860. The second kappa shape index (κ2) is 4.24. The fourth-order valence-electron chi connectivity index (χ4n) is 1.35. The zero-order valence-electron chi connectivity index (χ0n) is 7.49. The average Bonchev–Trinajstić information content (AvgIpc) is 2.07. The van der Waals surface area contributed by atoms with Crippen LogP contribution >= 0.6 is 0 Å². The summed E-state index contributed by atoms with van der Waals surface area (Å²) in [6.45, 7) is 1.79. The van der Waals surface area contributed by atoms with E-state index in [1.807, 2.05) is 37.4 Å². The molecule has 1 aromatic carbocycles. The first-order valence-corrected chi connectivity index (χ1v) is 4.16. The number of benzene rings is 1. The Balaban J connectivity index is 2.80. The first-order valence-electron chi connectivity index (χ1n) is 4.16. The minimum atomic E-state index is -0.364. The Kier molecular flexibility index (Phi) is 3.26. The summed E-state index contributed by atoms with van der Waals surface area (Å²) in [6, 6.07) is 9.97. The maximum Gasteiger partial charge on any atom is 0.0706 e. The van der Waals surface area contributed by atoms with E-state index in [0.29, 0.717) is 0 Å². The van der Waals surface area contributed by atoms with Gasteiger partial charge in [-0.1, -0.05) is 30.3 Å². The largest absolute Gasteiger partial charge is 0.391 e. The summed E-state index contributed by atoms with van der Waals surface area (Å²) in [5.41, 5.74) is 1.12. The molecule has 0 aliphatic heterocycles. The van der Waals surface area contributed by atoms with Gasteiger partial charge in [-0.2, -0.15) is 0 Å². The van der Waals surface area contributed by atoms with Crippen LogP contribution in [0.5, 0.6) is 0 Å². The van der Waals surface area contributed by atoms with Crippen LogP contribution in [0.25, 0.3) is 0 Å². The third-order valence-corrected chi connectivity index (χ3v) is 1.95. The summed E-state index contributed by atoms with van der Waals surface area (Å²) >= 11 is 0. The van der Waals surface area contributed by atoms with Gasteiger partial charge >= 0.3 is 0 Å². The van der Waals surface area contributed by atoms with Crippen molar-refractivity contribution < 1.29 is 5.11 Å². The minimum Gasteiger partial charge on any atom is -0.391 e. The van der Waals surface area contributed by atoms with E-state index in [4.69, 9.17) is 0 Å². The van der Waals surface area contributed by atoms with Crippen molar-refractivity contribution in [2.75, 3.05) is 7.05 Å². The molecule has 0 bridgehead atoms. The molecule has 0 aliphatic rings. The molecule has 0 fully saturated rings. The lowest BCUT2D eigenvalue weighted by molar-refractivity contribution is 0.150. The van der Waals surface area contributed by atoms with Crippen LogP contribution in [0.2, 0.25) is 0 Å². The first kappa shape index (κ1) is 9.23. The molecular weight excluding hydrogens is 150 g/mol. The topological polar surface area (TPSA) is 32.3 Å². The van der Waals surface area contributed by atoms with E-state index in [1.54, 1.807) is 6.92 Å². The van der Waals surface area contributed by atoms with E-state index >= 15 is 0 Å². The quantitative estimate of drug-likeness (QED) is 0.708. The molecule has 0 saturated carbocycles.